The zero-order valence-electron chi connectivity index (χ0n) is 14.1. The zero-order chi connectivity index (χ0) is 18.6. The molecule has 1 atom stereocenters. The largest absolute Gasteiger partial charge is 0.352 e. The quantitative estimate of drug-likeness (QED) is 0.846. The van der Waals surface area contributed by atoms with E-state index in [9.17, 15) is 13.2 Å². The molecule has 1 unspecified atom stereocenters. The molecule has 8 heteroatoms. The van der Waals surface area contributed by atoms with Gasteiger partial charge in [-0.15, -0.1) is 0 Å². The van der Waals surface area contributed by atoms with Gasteiger partial charge in [-0.2, -0.15) is 4.31 Å². The minimum Gasteiger partial charge on any atom is -0.352 e. The number of carbonyl (C=O) groups excluding carboxylic acids is 1. The topological polar surface area (TPSA) is 79.4 Å². The van der Waals surface area contributed by atoms with Crippen LogP contribution in [0.25, 0.3) is 0 Å². The molecule has 0 aliphatic carbocycles. The lowest BCUT2D eigenvalue weighted by atomic mass is 9.99. The molecule has 2 heterocycles. The van der Waals surface area contributed by atoms with Crippen LogP contribution in [0, 0.1) is 5.92 Å². The Bertz CT molecular complexity index is 857. The third kappa shape index (κ3) is 4.41. The van der Waals surface area contributed by atoms with E-state index in [1.807, 2.05) is 12.1 Å². The van der Waals surface area contributed by atoms with Gasteiger partial charge in [0, 0.05) is 37.1 Å². The molecule has 138 valence electrons. The maximum absolute atomic E-state index is 12.8. The van der Waals surface area contributed by atoms with E-state index in [0.717, 1.165) is 5.56 Å². The smallest absolute Gasteiger partial charge is 0.243 e. The average Bonchev–Trinajstić information content (AvgIpc) is 2.67. The average molecular weight is 394 g/mol. The molecular formula is C18H20ClN3O3S. The molecule has 1 aromatic heterocycles. The van der Waals surface area contributed by atoms with Crippen molar-refractivity contribution >= 4 is 27.5 Å². The van der Waals surface area contributed by atoms with Gasteiger partial charge in [0.1, 0.15) is 0 Å². The summed E-state index contributed by atoms with van der Waals surface area (Å²) in [6.45, 7) is 1.01. The van der Waals surface area contributed by atoms with E-state index in [4.69, 9.17) is 11.6 Å². The van der Waals surface area contributed by atoms with Gasteiger partial charge in [-0.05, 0) is 54.8 Å². The van der Waals surface area contributed by atoms with E-state index in [-0.39, 0.29) is 23.3 Å². The second kappa shape index (κ2) is 8.16. The summed E-state index contributed by atoms with van der Waals surface area (Å²) >= 11 is 5.83. The Labute approximate surface area is 158 Å². The van der Waals surface area contributed by atoms with Gasteiger partial charge in [-0.1, -0.05) is 11.6 Å². The Morgan fingerprint density at radius 2 is 1.88 bits per heavy atom. The number of hydrogen-bond acceptors (Lipinski definition) is 4. The van der Waals surface area contributed by atoms with Crippen LogP contribution in [0.3, 0.4) is 0 Å². The summed E-state index contributed by atoms with van der Waals surface area (Å²) in [5.74, 6) is -0.481. The number of sulfonamides is 1. The van der Waals surface area contributed by atoms with Gasteiger partial charge in [0.05, 0.1) is 10.8 Å². The number of carbonyl (C=O) groups is 1. The van der Waals surface area contributed by atoms with Gasteiger partial charge in [-0.3, -0.25) is 9.78 Å². The molecule has 1 aromatic carbocycles. The molecular weight excluding hydrogens is 374 g/mol. The molecule has 1 aliphatic heterocycles. The number of benzene rings is 1. The summed E-state index contributed by atoms with van der Waals surface area (Å²) in [6.07, 6.45) is 4.67. The van der Waals surface area contributed by atoms with Crippen LogP contribution in [-0.2, 0) is 21.4 Å². The summed E-state index contributed by atoms with van der Waals surface area (Å²) in [7, 11) is -3.63. The summed E-state index contributed by atoms with van der Waals surface area (Å²) in [4.78, 5) is 16.6. The lowest BCUT2D eigenvalue weighted by molar-refractivity contribution is -0.126. The minimum absolute atomic E-state index is 0.127. The molecule has 0 radical (unpaired) electrons. The van der Waals surface area contributed by atoms with Crippen LogP contribution in [0.5, 0.6) is 0 Å². The number of amides is 1. The van der Waals surface area contributed by atoms with Gasteiger partial charge in [0.15, 0.2) is 0 Å². The summed E-state index contributed by atoms with van der Waals surface area (Å²) in [5, 5.41) is 3.36. The lowest BCUT2D eigenvalue weighted by Crippen LogP contribution is -2.45. The van der Waals surface area contributed by atoms with Crippen molar-refractivity contribution in [3.63, 3.8) is 0 Å². The summed E-state index contributed by atoms with van der Waals surface area (Å²) in [6, 6.07) is 9.75. The third-order valence-electron chi connectivity index (χ3n) is 4.42. The molecule has 0 bridgehead atoms. The van der Waals surface area contributed by atoms with Gasteiger partial charge in [-0.25, -0.2) is 8.42 Å². The second-order valence-corrected chi connectivity index (χ2v) is 8.60. The normalized spacial score (nSPS) is 18.4. The van der Waals surface area contributed by atoms with Crippen LogP contribution >= 0.6 is 11.6 Å². The van der Waals surface area contributed by atoms with Crippen LogP contribution in [0.4, 0.5) is 0 Å². The van der Waals surface area contributed by atoms with Crippen molar-refractivity contribution in [3.8, 4) is 0 Å². The van der Waals surface area contributed by atoms with Crippen LogP contribution in [0.2, 0.25) is 5.02 Å². The molecule has 2 aromatic rings. The molecule has 1 fully saturated rings. The van der Waals surface area contributed by atoms with Crippen molar-refractivity contribution in [2.45, 2.75) is 24.3 Å². The maximum Gasteiger partial charge on any atom is 0.243 e. The number of halogens is 1. The van der Waals surface area contributed by atoms with Crippen molar-refractivity contribution in [3.05, 3.63) is 59.4 Å². The highest BCUT2D eigenvalue weighted by Gasteiger charge is 2.33. The van der Waals surface area contributed by atoms with E-state index in [2.05, 4.69) is 10.3 Å². The van der Waals surface area contributed by atoms with Crippen LogP contribution in [-0.4, -0.2) is 36.7 Å². The van der Waals surface area contributed by atoms with Crippen molar-refractivity contribution in [1.29, 1.82) is 0 Å². The molecule has 1 aliphatic rings. The lowest BCUT2D eigenvalue weighted by Gasteiger charge is -2.31. The first-order valence-corrected chi connectivity index (χ1v) is 10.2. The number of nitrogens with one attached hydrogen (secondary N) is 1. The number of aromatic nitrogens is 1. The first-order valence-electron chi connectivity index (χ1n) is 8.39. The zero-order valence-corrected chi connectivity index (χ0v) is 15.7. The fourth-order valence-corrected chi connectivity index (χ4v) is 4.61. The molecule has 0 saturated carbocycles. The number of pyridine rings is 1. The monoisotopic (exact) mass is 393 g/mol. The Balaban J connectivity index is 1.64. The fourth-order valence-electron chi connectivity index (χ4n) is 2.96. The highest BCUT2D eigenvalue weighted by Crippen LogP contribution is 2.25. The Kier molecular flexibility index (Phi) is 5.90. The number of hydrogen-bond donors (Lipinski definition) is 1. The Hall–Kier alpha value is -1.96. The van der Waals surface area contributed by atoms with Crippen LogP contribution in [0.1, 0.15) is 18.4 Å². The van der Waals surface area contributed by atoms with Crippen molar-refractivity contribution in [2.24, 2.45) is 5.92 Å². The van der Waals surface area contributed by atoms with E-state index in [0.29, 0.717) is 31.0 Å². The van der Waals surface area contributed by atoms with E-state index in [1.54, 1.807) is 24.5 Å². The van der Waals surface area contributed by atoms with Gasteiger partial charge < -0.3 is 5.32 Å². The fraction of sp³-hybridized carbons (Fsp3) is 0.333. The van der Waals surface area contributed by atoms with Gasteiger partial charge >= 0.3 is 0 Å². The maximum atomic E-state index is 12.8. The third-order valence-corrected chi connectivity index (χ3v) is 6.55. The molecule has 1 amide bonds. The number of piperidine rings is 1. The van der Waals surface area contributed by atoms with Gasteiger partial charge in [0.25, 0.3) is 0 Å². The first-order chi connectivity index (χ1) is 12.5. The standard InChI is InChI=1S/C18H20ClN3O3S/c19-16-3-5-17(6-4-16)26(24,25)22-11-1-2-15(13-22)18(23)21-12-14-7-9-20-10-8-14/h3-10,15H,1-2,11-13H2,(H,21,23). The van der Waals surface area contributed by atoms with Crippen molar-refractivity contribution in [1.82, 2.24) is 14.6 Å². The highest BCUT2D eigenvalue weighted by atomic mass is 35.5. The summed E-state index contributed by atoms with van der Waals surface area (Å²) < 4.78 is 27.0. The Morgan fingerprint density at radius 3 is 2.58 bits per heavy atom. The van der Waals surface area contributed by atoms with Crippen molar-refractivity contribution < 1.29 is 13.2 Å². The molecule has 6 nitrogen and oxygen atoms in total. The molecule has 0 spiro atoms. The number of nitrogens with zero attached hydrogens (tertiary/aromatic N) is 2. The molecule has 3 rings (SSSR count). The predicted octanol–water partition coefficient (Wildman–Crippen LogP) is 2.45. The highest BCUT2D eigenvalue weighted by molar-refractivity contribution is 7.89. The van der Waals surface area contributed by atoms with Crippen LogP contribution < -0.4 is 5.32 Å². The Morgan fingerprint density at radius 1 is 1.19 bits per heavy atom. The van der Waals surface area contributed by atoms with E-state index >= 15 is 0 Å². The molecule has 1 saturated heterocycles. The molecule has 1 N–H and O–H groups in total. The summed E-state index contributed by atoms with van der Waals surface area (Å²) in [5.41, 5.74) is 0.954. The second-order valence-electron chi connectivity index (χ2n) is 6.23. The number of rotatable bonds is 5. The predicted molar refractivity (Wildman–Crippen MR) is 99.0 cm³/mol. The van der Waals surface area contributed by atoms with Gasteiger partial charge in [0.2, 0.25) is 15.9 Å². The van der Waals surface area contributed by atoms with E-state index in [1.165, 1.54) is 16.4 Å². The SMILES string of the molecule is O=C(NCc1ccncc1)C1CCCN(S(=O)(=O)c2ccc(Cl)cc2)C1. The van der Waals surface area contributed by atoms with Crippen molar-refractivity contribution in [2.75, 3.05) is 13.1 Å². The first kappa shape index (κ1) is 18.8. The van der Waals surface area contributed by atoms with E-state index < -0.39 is 10.0 Å². The minimum atomic E-state index is -3.63. The molecule has 26 heavy (non-hydrogen) atoms. The van der Waals surface area contributed by atoms with Crippen LogP contribution in [0.15, 0.2) is 53.7 Å².